The minimum absolute atomic E-state index is 0.000509. The number of nitrogens with zero attached hydrogens (tertiary/aromatic N) is 2. The van der Waals surface area contributed by atoms with Crippen LogP contribution in [0.25, 0.3) is 0 Å². The maximum atomic E-state index is 13.1. The van der Waals surface area contributed by atoms with Crippen molar-refractivity contribution in [2.75, 3.05) is 33.3 Å². The molecule has 0 aromatic heterocycles. The highest BCUT2D eigenvalue weighted by Gasteiger charge is 2.24. The first-order valence-corrected chi connectivity index (χ1v) is 9.61. The van der Waals surface area contributed by atoms with Crippen LogP contribution in [-0.4, -0.2) is 55.1 Å². The Morgan fingerprint density at radius 2 is 1.68 bits per heavy atom. The van der Waals surface area contributed by atoms with Crippen molar-refractivity contribution in [1.29, 1.82) is 0 Å². The first-order chi connectivity index (χ1) is 13.5. The largest absolute Gasteiger partial charge is 0.497 e. The van der Waals surface area contributed by atoms with Gasteiger partial charge in [0, 0.05) is 32.7 Å². The van der Waals surface area contributed by atoms with Crippen LogP contribution in [0.2, 0.25) is 0 Å². The van der Waals surface area contributed by atoms with E-state index < -0.39 is 6.10 Å². The quantitative estimate of drug-likeness (QED) is 0.764. The van der Waals surface area contributed by atoms with Gasteiger partial charge in [-0.3, -0.25) is 9.69 Å². The summed E-state index contributed by atoms with van der Waals surface area (Å²) in [5.74, 6) is 1.18. The minimum Gasteiger partial charge on any atom is -0.497 e. The smallest absolute Gasteiger partial charge is 0.263 e. The van der Waals surface area contributed by atoms with Crippen LogP contribution in [0.4, 0.5) is 4.39 Å². The molecule has 0 bridgehead atoms. The van der Waals surface area contributed by atoms with Crippen molar-refractivity contribution >= 4 is 5.91 Å². The fraction of sp³-hybridized carbons (Fsp3) is 0.409. The third-order valence-corrected chi connectivity index (χ3v) is 4.94. The zero-order valence-electron chi connectivity index (χ0n) is 16.4. The van der Waals surface area contributed by atoms with Gasteiger partial charge in [0.1, 0.15) is 17.3 Å². The molecule has 1 unspecified atom stereocenters. The number of rotatable bonds is 6. The summed E-state index contributed by atoms with van der Waals surface area (Å²) in [5.41, 5.74) is 1.08. The standard InChI is InChI=1S/C22H27FN2O3/c1-17(28-21-10-8-20(27-2)9-11-21)22(26)25-13-3-12-24(14-15-25)16-18-4-6-19(23)7-5-18/h4-11,17H,3,12-16H2,1-2H3. The van der Waals surface area contributed by atoms with E-state index in [2.05, 4.69) is 4.90 Å². The van der Waals surface area contributed by atoms with Crippen molar-refractivity contribution in [2.24, 2.45) is 0 Å². The fourth-order valence-electron chi connectivity index (χ4n) is 3.36. The first kappa shape index (κ1) is 20.1. The van der Waals surface area contributed by atoms with Crippen LogP contribution in [0.15, 0.2) is 48.5 Å². The van der Waals surface area contributed by atoms with E-state index in [0.29, 0.717) is 12.3 Å². The predicted octanol–water partition coefficient (Wildman–Crippen LogP) is 3.34. The predicted molar refractivity (Wildman–Crippen MR) is 106 cm³/mol. The number of halogens is 1. The number of ether oxygens (including phenoxy) is 2. The number of carbonyl (C=O) groups is 1. The highest BCUT2D eigenvalue weighted by atomic mass is 19.1. The Labute approximate surface area is 165 Å². The van der Waals surface area contributed by atoms with Crippen LogP contribution in [0.5, 0.6) is 11.5 Å². The van der Waals surface area contributed by atoms with Gasteiger partial charge >= 0.3 is 0 Å². The maximum Gasteiger partial charge on any atom is 0.263 e. The Balaban J connectivity index is 1.51. The zero-order chi connectivity index (χ0) is 19.9. The highest BCUT2D eigenvalue weighted by molar-refractivity contribution is 5.81. The van der Waals surface area contributed by atoms with E-state index in [1.807, 2.05) is 29.2 Å². The lowest BCUT2D eigenvalue weighted by Gasteiger charge is -2.25. The Bertz CT molecular complexity index is 764. The van der Waals surface area contributed by atoms with Gasteiger partial charge in [-0.15, -0.1) is 0 Å². The number of hydrogen-bond acceptors (Lipinski definition) is 4. The second-order valence-electron chi connectivity index (χ2n) is 7.02. The lowest BCUT2D eigenvalue weighted by atomic mass is 10.2. The SMILES string of the molecule is COc1ccc(OC(C)C(=O)N2CCCN(Cc3ccc(F)cc3)CC2)cc1. The molecular formula is C22H27FN2O3. The topological polar surface area (TPSA) is 42.0 Å². The number of hydrogen-bond donors (Lipinski definition) is 0. The fourth-order valence-corrected chi connectivity index (χ4v) is 3.36. The molecule has 1 atom stereocenters. The van der Waals surface area contributed by atoms with Gasteiger partial charge in [-0.25, -0.2) is 4.39 Å². The van der Waals surface area contributed by atoms with Gasteiger partial charge < -0.3 is 14.4 Å². The van der Waals surface area contributed by atoms with Crippen molar-refractivity contribution in [3.63, 3.8) is 0 Å². The number of amides is 1. The van der Waals surface area contributed by atoms with Crippen LogP contribution in [0.3, 0.4) is 0 Å². The molecule has 5 nitrogen and oxygen atoms in total. The Hall–Kier alpha value is -2.60. The van der Waals surface area contributed by atoms with Crippen molar-refractivity contribution in [2.45, 2.75) is 26.0 Å². The van der Waals surface area contributed by atoms with E-state index in [9.17, 15) is 9.18 Å². The number of carbonyl (C=O) groups excluding carboxylic acids is 1. The monoisotopic (exact) mass is 386 g/mol. The molecule has 1 aliphatic heterocycles. The molecule has 0 radical (unpaired) electrons. The number of methoxy groups -OCH3 is 1. The van der Waals surface area contributed by atoms with E-state index >= 15 is 0 Å². The molecule has 1 fully saturated rings. The molecule has 2 aromatic carbocycles. The molecule has 1 aliphatic rings. The summed E-state index contributed by atoms with van der Waals surface area (Å²) in [4.78, 5) is 17.0. The van der Waals surface area contributed by atoms with E-state index in [4.69, 9.17) is 9.47 Å². The van der Waals surface area contributed by atoms with E-state index in [-0.39, 0.29) is 11.7 Å². The average molecular weight is 386 g/mol. The molecule has 0 N–H and O–H groups in total. The molecule has 3 rings (SSSR count). The summed E-state index contributed by atoms with van der Waals surface area (Å²) in [7, 11) is 1.61. The van der Waals surface area contributed by atoms with Crippen molar-refractivity contribution in [1.82, 2.24) is 9.80 Å². The molecule has 1 saturated heterocycles. The van der Waals surface area contributed by atoms with Gasteiger partial charge in [0.15, 0.2) is 6.10 Å². The van der Waals surface area contributed by atoms with E-state index in [0.717, 1.165) is 43.9 Å². The second-order valence-corrected chi connectivity index (χ2v) is 7.02. The summed E-state index contributed by atoms with van der Waals surface area (Å²) in [5, 5.41) is 0. The Kier molecular flexibility index (Phi) is 6.87. The summed E-state index contributed by atoms with van der Waals surface area (Å²) in [6.07, 6.45) is 0.361. The van der Waals surface area contributed by atoms with Gasteiger partial charge in [0.05, 0.1) is 7.11 Å². The van der Waals surface area contributed by atoms with Crippen molar-refractivity contribution in [3.05, 3.63) is 59.9 Å². The van der Waals surface area contributed by atoms with E-state index in [1.165, 1.54) is 12.1 Å². The van der Waals surface area contributed by atoms with Gasteiger partial charge in [-0.1, -0.05) is 12.1 Å². The van der Waals surface area contributed by atoms with Crippen LogP contribution in [0, 0.1) is 5.82 Å². The van der Waals surface area contributed by atoms with Gasteiger partial charge in [-0.05, 0) is 55.3 Å². The summed E-state index contributed by atoms with van der Waals surface area (Å²) >= 11 is 0. The molecule has 1 amide bonds. The molecule has 1 heterocycles. The maximum absolute atomic E-state index is 13.1. The van der Waals surface area contributed by atoms with Crippen molar-refractivity contribution < 1.29 is 18.7 Å². The van der Waals surface area contributed by atoms with Gasteiger partial charge in [0.2, 0.25) is 0 Å². The van der Waals surface area contributed by atoms with E-state index in [1.54, 1.807) is 26.2 Å². The molecule has 0 saturated carbocycles. The van der Waals surface area contributed by atoms with Gasteiger partial charge in [0.25, 0.3) is 5.91 Å². The minimum atomic E-state index is -0.544. The van der Waals surface area contributed by atoms with Crippen LogP contribution in [-0.2, 0) is 11.3 Å². The second kappa shape index (κ2) is 9.55. The lowest BCUT2D eigenvalue weighted by molar-refractivity contribution is -0.137. The zero-order valence-corrected chi connectivity index (χ0v) is 16.4. The molecule has 6 heteroatoms. The third-order valence-electron chi connectivity index (χ3n) is 4.94. The van der Waals surface area contributed by atoms with Crippen LogP contribution in [0.1, 0.15) is 18.9 Å². The van der Waals surface area contributed by atoms with Crippen molar-refractivity contribution in [3.8, 4) is 11.5 Å². The molecule has 150 valence electrons. The van der Waals surface area contributed by atoms with Crippen LogP contribution >= 0.6 is 0 Å². The third kappa shape index (κ3) is 5.45. The Morgan fingerprint density at radius 3 is 2.36 bits per heavy atom. The van der Waals surface area contributed by atoms with Crippen LogP contribution < -0.4 is 9.47 Å². The molecular weight excluding hydrogens is 359 g/mol. The first-order valence-electron chi connectivity index (χ1n) is 9.61. The van der Waals surface area contributed by atoms with Gasteiger partial charge in [-0.2, -0.15) is 0 Å². The molecule has 28 heavy (non-hydrogen) atoms. The molecule has 2 aromatic rings. The highest BCUT2D eigenvalue weighted by Crippen LogP contribution is 2.19. The normalized spacial score (nSPS) is 16.3. The lowest BCUT2D eigenvalue weighted by Crippen LogP contribution is -2.42. The summed E-state index contributed by atoms with van der Waals surface area (Å²) < 4.78 is 24.0. The molecule has 0 aliphatic carbocycles. The summed E-state index contributed by atoms with van der Waals surface area (Å²) in [6, 6.07) is 13.8. The Morgan fingerprint density at radius 1 is 1.00 bits per heavy atom. The average Bonchev–Trinajstić information content (AvgIpc) is 2.95. The molecule has 0 spiro atoms. The summed E-state index contributed by atoms with van der Waals surface area (Å²) in [6.45, 7) is 5.63. The number of benzene rings is 2.